The number of hydrogen-bond donors (Lipinski definition) is 2. The molecular weight excluding hydrogens is 186 g/mol. The Balaban J connectivity index is 1.97. The average molecular weight is 204 g/mol. The van der Waals surface area contributed by atoms with Crippen LogP contribution in [-0.2, 0) is 6.42 Å². The number of para-hydroxylation sites is 2. The van der Waals surface area contributed by atoms with Crippen molar-refractivity contribution in [1.29, 1.82) is 0 Å². The van der Waals surface area contributed by atoms with Gasteiger partial charge in [0, 0.05) is 6.42 Å². The third-order valence-corrected chi connectivity index (χ3v) is 2.60. The first-order valence-electron chi connectivity index (χ1n) is 5.63. The summed E-state index contributed by atoms with van der Waals surface area (Å²) in [5, 5.41) is 0. The minimum atomic E-state index is 1.04. The molecule has 2 rings (SSSR count). The Morgan fingerprint density at radius 2 is 2.00 bits per heavy atom. The summed E-state index contributed by atoms with van der Waals surface area (Å²) in [4.78, 5) is 7.88. The fourth-order valence-electron chi connectivity index (χ4n) is 1.77. The Hall–Kier alpha value is -1.35. The predicted octanol–water partition coefficient (Wildman–Crippen LogP) is 1.52. The minimum absolute atomic E-state index is 1.04. The van der Waals surface area contributed by atoms with E-state index in [0.717, 1.165) is 29.8 Å². The Labute approximate surface area is 89.7 Å². The Bertz CT molecular complexity index is 386. The van der Waals surface area contributed by atoms with E-state index in [2.05, 4.69) is 21.8 Å². The molecule has 2 aromatic rings. The maximum Gasteiger partial charge on any atom is 0.107 e. The molecule has 0 spiro atoms. The van der Waals surface area contributed by atoms with Crippen LogP contribution in [0.4, 0.5) is 0 Å². The van der Waals surface area contributed by atoms with E-state index in [0.29, 0.717) is 0 Å². The SMILES string of the molecule is [NH3+]CCCCCc1nc2ccccc2[nH]1. The quantitative estimate of drug-likeness (QED) is 0.713. The van der Waals surface area contributed by atoms with Gasteiger partial charge in [-0.1, -0.05) is 12.1 Å². The Morgan fingerprint density at radius 1 is 1.13 bits per heavy atom. The highest BCUT2D eigenvalue weighted by atomic mass is 14.9. The van der Waals surface area contributed by atoms with Gasteiger partial charge < -0.3 is 10.7 Å². The third kappa shape index (κ3) is 2.57. The summed E-state index contributed by atoms with van der Waals surface area (Å²) in [5.74, 6) is 1.11. The standard InChI is InChI=1S/C12H17N3/c13-9-5-1-2-8-12-14-10-6-3-4-7-11(10)15-12/h3-4,6-7H,1-2,5,8-9,13H2,(H,14,15)/p+1. The molecule has 0 bridgehead atoms. The van der Waals surface area contributed by atoms with Gasteiger partial charge in [0.05, 0.1) is 17.6 Å². The number of fused-ring (bicyclic) bond motifs is 1. The van der Waals surface area contributed by atoms with Crippen LogP contribution in [0.3, 0.4) is 0 Å². The smallest absolute Gasteiger partial charge is 0.107 e. The van der Waals surface area contributed by atoms with Crippen LogP contribution in [0, 0.1) is 0 Å². The number of aryl methyl sites for hydroxylation is 1. The molecular formula is C12H18N3+. The molecule has 3 nitrogen and oxygen atoms in total. The lowest BCUT2D eigenvalue weighted by Gasteiger charge is -1.94. The van der Waals surface area contributed by atoms with E-state index in [1.165, 1.54) is 19.3 Å². The van der Waals surface area contributed by atoms with E-state index in [1.54, 1.807) is 0 Å². The van der Waals surface area contributed by atoms with Crippen molar-refractivity contribution in [3.63, 3.8) is 0 Å². The van der Waals surface area contributed by atoms with Gasteiger partial charge in [-0.2, -0.15) is 0 Å². The largest absolute Gasteiger partial charge is 0.358 e. The molecule has 0 saturated heterocycles. The first kappa shape index (κ1) is 10.2. The molecule has 0 aliphatic carbocycles. The molecule has 3 heteroatoms. The molecule has 0 fully saturated rings. The van der Waals surface area contributed by atoms with Gasteiger partial charge in [-0.15, -0.1) is 0 Å². The van der Waals surface area contributed by atoms with Gasteiger partial charge in [-0.25, -0.2) is 4.98 Å². The number of nitrogens with zero attached hydrogens (tertiary/aromatic N) is 1. The average Bonchev–Trinajstić information content (AvgIpc) is 2.67. The van der Waals surface area contributed by atoms with Gasteiger partial charge in [0.1, 0.15) is 5.82 Å². The number of hydrogen-bond acceptors (Lipinski definition) is 1. The van der Waals surface area contributed by atoms with E-state index in [-0.39, 0.29) is 0 Å². The number of H-pyrrole nitrogens is 1. The molecule has 0 atom stereocenters. The van der Waals surface area contributed by atoms with Crippen molar-refractivity contribution in [3.8, 4) is 0 Å². The first-order chi connectivity index (χ1) is 7.40. The summed E-state index contributed by atoms with van der Waals surface area (Å²) in [5.41, 5.74) is 6.06. The number of nitrogens with one attached hydrogen (secondary N) is 1. The number of quaternary nitrogens is 1. The van der Waals surface area contributed by atoms with Crippen molar-refractivity contribution in [2.45, 2.75) is 25.7 Å². The van der Waals surface area contributed by atoms with Gasteiger partial charge in [0.25, 0.3) is 0 Å². The van der Waals surface area contributed by atoms with Gasteiger partial charge >= 0.3 is 0 Å². The summed E-state index contributed by atoms with van der Waals surface area (Å²) in [6, 6.07) is 8.18. The molecule has 1 heterocycles. The number of aromatic nitrogens is 2. The molecule has 0 amide bonds. The van der Waals surface area contributed by atoms with Gasteiger partial charge in [-0.05, 0) is 31.4 Å². The molecule has 1 aromatic carbocycles. The zero-order valence-electron chi connectivity index (χ0n) is 9.00. The van der Waals surface area contributed by atoms with E-state index in [1.807, 2.05) is 18.2 Å². The third-order valence-electron chi connectivity index (χ3n) is 2.60. The summed E-state index contributed by atoms with van der Waals surface area (Å²) < 4.78 is 0. The fraction of sp³-hybridized carbons (Fsp3) is 0.417. The topological polar surface area (TPSA) is 56.3 Å². The van der Waals surface area contributed by atoms with E-state index < -0.39 is 0 Å². The van der Waals surface area contributed by atoms with Crippen LogP contribution in [0.2, 0.25) is 0 Å². The van der Waals surface area contributed by atoms with Crippen molar-refractivity contribution in [1.82, 2.24) is 9.97 Å². The summed E-state index contributed by atoms with van der Waals surface area (Å²) in [6.07, 6.45) is 4.73. The summed E-state index contributed by atoms with van der Waals surface area (Å²) >= 11 is 0. The maximum atomic E-state index is 4.54. The molecule has 4 N–H and O–H groups in total. The van der Waals surface area contributed by atoms with Gasteiger partial charge in [0.15, 0.2) is 0 Å². The summed E-state index contributed by atoms with van der Waals surface area (Å²) in [7, 11) is 0. The zero-order valence-corrected chi connectivity index (χ0v) is 9.00. The highest BCUT2D eigenvalue weighted by Crippen LogP contribution is 2.11. The second-order valence-corrected chi connectivity index (χ2v) is 3.86. The first-order valence-corrected chi connectivity index (χ1v) is 5.63. The lowest BCUT2D eigenvalue weighted by atomic mass is 10.2. The number of aromatic amines is 1. The second-order valence-electron chi connectivity index (χ2n) is 3.86. The fourth-order valence-corrected chi connectivity index (χ4v) is 1.77. The second kappa shape index (κ2) is 4.94. The van der Waals surface area contributed by atoms with E-state index in [9.17, 15) is 0 Å². The number of unbranched alkanes of at least 4 members (excludes halogenated alkanes) is 2. The van der Waals surface area contributed by atoms with E-state index >= 15 is 0 Å². The van der Waals surface area contributed by atoms with Crippen LogP contribution in [0.25, 0.3) is 11.0 Å². The van der Waals surface area contributed by atoms with Crippen LogP contribution in [0.5, 0.6) is 0 Å². The normalized spacial score (nSPS) is 11.0. The van der Waals surface area contributed by atoms with Crippen LogP contribution in [0.15, 0.2) is 24.3 Å². The molecule has 15 heavy (non-hydrogen) atoms. The van der Waals surface area contributed by atoms with Gasteiger partial charge in [-0.3, -0.25) is 0 Å². The zero-order chi connectivity index (χ0) is 10.5. The lowest BCUT2D eigenvalue weighted by Crippen LogP contribution is -2.50. The van der Waals surface area contributed by atoms with Crippen LogP contribution in [0.1, 0.15) is 25.1 Å². The van der Waals surface area contributed by atoms with Crippen molar-refractivity contribution in [3.05, 3.63) is 30.1 Å². The Kier molecular flexibility index (Phi) is 3.35. The monoisotopic (exact) mass is 204 g/mol. The molecule has 0 aliphatic heterocycles. The van der Waals surface area contributed by atoms with Crippen molar-refractivity contribution in [2.24, 2.45) is 0 Å². The molecule has 1 aromatic heterocycles. The van der Waals surface area contributed by atoms with Crippen molar-refractivity contribution in [2.75, 3.05) is 6.54 Å². The summed E-state index contributed by atoms with van der Waals surface area (Å²) in [6.45, 7) is 1.04. The minimum Gasteiger partial charge on any atom is -0.358 e. The van der Waals surface area contributed by atoms with Gasteiger partial charge in [0.2, 0.25) is 0 Å². The van der Waals surface area contributed by atoms with Crippen LogP contribution >= 0.6 is 0 Å². The molecule has 0 unspecified atom stereocenters. The molecule has 0 radical (unpaired) electrons. The van der Waals surface area contributed by atoms with E-state index in [4.69, 9.17) is 0 Å². The van der Waals surface area contributed by atoms with Crippen molar-refractivity contribution >= 4 is 11.0 Å². The lowest BCUT2D eigenvalue weighted by molar-refractivity contribution is -0.368. The highest BCUT2D eigenvalue weighted by molar-refractivity contribution is 5.74. The predicted molar refractivity (Wildman–Crippen MR) is 61.4 cm³/mol. The molecule has 0 saturated carbocycles. The number of imidazole rings is 1. The molecule has 80 valence electrons. The number of rotatable bonds is 5. The highest BCUT2D eigenvalue weighted by Gasteiger charge is 2.00. The number of benzene rings is 1. The van der Waals surface area contributed by atoms with Crippen LogP contribution < -0.4 is 5.73 Å². The molecule has 0 aliphatic rings. The van der Waals surface area contributed by atoms with Crippen molar-refractivity contribution < 1.29 is 5.73 Å². The maximum absolute atomic E-state index is 4.54. The van der Waals surface area contributed by atoms with Crippen LogP contribution in [-0.4, -0.2) is 16.5 Å². The Morgan fingerprint density at radius 3 is 2.80 bits per heavy atom.